The molecule has 0 radical (unpaired) electrons. The molecule has 1 saturated heterocycles. The fourth-order valence-electron chi connectivity index (χ4n) is 1.91. The summed E-state index contributed by atoms with van der Waals surface area (Å²) >= 11 is 0. The number of nitrogens with two attached hydrogens (primary N) is 1. The van der Waals surface area contributed by atoms with Gasteiger partial charge in [0.15, 0.2) is 0 Å². The third kappa shape index (κ3) is 3.80. The number of hydrogen-bond donors (Lipinski definition) is 2. The highest BCUT2D eigenvalue weighted by Crippen LogP contribution is 2.21. The fourth-order valence-corrected chi connectivity index (χ4v) is 1.91. The molecule has 1 aliphatic rings. The van der Waals surface area contributed by atoms with Gasteiger partial charge in [0.25, 0.3) is 0 Å². The van der Waals surface area contributed by atoms with Gasteiger partial charge in [-0.25, -0.2) is 0 Å². The van der Waals surface area contributed by atoms with Crippen LogP contribution >= 0.6 is 0 Å². The molecule has 0 bridgehead atoms. The van der Waals surface area contributed by atoms with E-state index in [0.717, 1.165) is 12.8 Å². The molecule has 1 fully saturated rings. The summed E-state index contributed by atoms with van der Waals surface area (Å²) in [5, 5.41) is 9.48. The van der Waals surface area contributed by atoms with E-state index >= 15 is 0 Å². The number of amides is 1. The third-order valence-electron chi connectivity index (χ3n) is 2.93. The van der Waals surface area contributed by atoms with Crippen molar-refractivity contribution in [1.29, 1.82) is 0 Å². The van der Waals surface area contributed by atoms with Crippen LogP contribution in [0.5, 0.6) is 0 Å². The molecular formula is C11H22N2O2. The molecule has 4 heteroatoms. The molecule has 1 heterocycles. The fraction of sp³-hybridized carbons (Fsp3) is 0.909. The zero-order valence-electron chi connectivity index (χ0n) is 9.70. The van der Waals surface area contributed by atoms with Crippen LogP contribution in [0, 0.1) is 5.92 Å². The first kappa shape index (κ1) is 12.5. The van der Waals surface area contributed by atoms with Crippen LogP contribution in [0.15, 0.2) is 0 Å². The van der Waals surface area contributed by atoms with E-state index in [0.29, 0.717) is 32.0 Å². The molecule has 1 rings (SSSR count). The number of carbonyl (C=O) groups is 1. The largest absolute Gasteiger partial charge is 0.386 e. The monoisotopic (exact) mass is 214 g/mol. The highest BCUT2D eigenvalue weighted by Gasteiger charge is 2.38. The summed E-state index contributed by atoms with van der Waals surface area (Å²) in [6, 6.07) is 0. The Morgan fingerprint density at radius 1 is 1.53 bits per heavy atom. The second-order valence-corrected chi connectivity index (χ2v) is 4.97. The van der Waals surface area contributed by atoms with Crippen LogP contribution in [-0.2, 0) is 4.79 Å². The van der Waals surface area contributed by atoms with E-state index in [1.54, 1.807) is 11.8 Å². The van der Waals surface area contributed by atoms with E-state index in [-0.39, 0.29) is 5.91 Å². The van der Waals surface area contributed by atoms with Crippen molar-refractivity contribution in [3.8, 4) is 0 Å². The van der Waals surface area contributed by atoms with Gasteiger partial charge in [-0.05, 0) is 32.2 Å². The van der Waals surface area contributed by atoms with E-state index in [1.807, 2.05) is 0 Å². The van der Waals surface area contributed by atoms with Gasteiger partial charge in [-0.1, -0.05) is 6.92 Å². The SMILES string of the molecule is CC(CCN)CCC(=O)N1CC(C)(O)C1. The molecule has 4 nitrogen and oxygen atoms in total. The number of β-amino-alcohol motifs (C(OH)–C–C–N with tert-alkyl or cyclic N) is 1. The van der Waals surface area contributed by atoms with Crippen molar-refractivity contribution in [3.63, 3.8) is 0 Å². The van der Waals surface area contributed by atoms with Gasteiger partial charge in [0.1, 0.15) is 0 Å². The van der Waals surface area contributed by atoms with Crippen LogP contribution in [0.25, 0.3) is 0 Å². The average molecular weight is 214 g/mol. The molecule has 1 unspecified atom stereocenters. The Hall–Kier alpha value is -0.610. The minimum atomic E-state index is -0.654. The highest BCUT2D eigenvalue weighted by molar-refractivity contribution is 5.77. The predicted molar refractivity (Wildman–Crippen MR) is 59.3 cm³/mol. The number of hydrogen-bond acceptors (Lipinski definition) is 3. The van der Waals surface area contributed by atoms with Gasteiger partial charge >= 0.3 is 0 Å². The summed E-state index contributed by atoms with van der Waals surface area (Å²) in [6.07, 6.45) is 2.46. The van der Waals surface area contributed by atoms with Crippen LogP contribution in [0.1, 0.15) is 33.1 Å². The summed E-state index contributed by atoms with van der Waals surface area (Å²) in [5.41, 5.74) is 4.79. The van der Waals surface area contributed by atoms with E-state index < -0.39 is 5.60 Å². The number of nitrogens with zero attached hydrogens (tertiary/aromatic N) is 1. The van der Waals surface area contributed by atoms with Gasteiger partial charge < -0.3 is 15.7 Å². The second-order valence-electron chi connectivity index (χ2n) is 4.97. The van der Waals surface area contributed by atoms with Crippen molar-refractivity contribution in [2.24, 2.45) is 11.7 Å². The molecule has 1 aliphatic heterocycles. The first-order valence-electron chi connectivity index (χ1n) is 5.65. The molecular weight excluding hydrogens is 192 g/mol. The van der Waals surface area contributed by atoms with Gasteiger partial charge in [0, 0.05) is 6.42 Å². The topological polar surface area (TPSA) is 66.6 Å². The molecule has 88 valence electrons. The molecule has 15 heavy (non-hydrogen) atoms. The summed E-state index contributed by atoms with van der Waals surface area (Å²) < 4.78 is 0. The van der Waals surface area contributed by atoms with Gasteiger partial charge in [-0.3, -0.25) is 4.79 Å². The number of rotatable bonds is 5. The number of aliphatic hydroxyl groups is 1. The summed E-state index contributed by atoms with van der Waals surface area (Å²) in [6.45, 7) is 5.53. The van der Waals surface area contributed by atoms with Crippen molar-refractivity contribution >= 4 is 5.91 Å². The Morgan fingerprint density at radius 2 is 2.13 bits per heavy atom. The molecule has 0 aromatic rings. The second kappa shape index (κ2) is 4.94. The lowest BCUT2D eigenvalue weighted by molar-refractivity contribution is -0.152. The van der Waals surface area contributed by atoms with Crippen LogP contribution in [-0.4, -0.2) is 41.1 Å². The maximum atomic E-state index is 11.6. The molecule has 0 aliphatic carbocycles. The van der Waals surface area contributed by atoms with Gasteiger partial charge in [-0.2, -0.15) is 0 Å². The Balaban J connectivity index is 2.15. The molecule has 1 amide bonds. The summed E-state index contributed by atoms with van der Waals surface area (Å²) in [7, 11) is 0. The Labute approximate surface area is 91.4 Å². The quantitative estimate of drug-likeness (QED) is 0.693. The lowest BCUT2D eigenvalue weighted by atomic mass is 9.95. The summed E-state index contributed by atoms with van der Waals surface area (Å²) in [5.74, 6) is 0.672. The molecule has 0 spiro atoms. The molecule has 1 atom stereocenters. The Morgan fingerprint density at radius 3 is 2.60 bits per heavy atom. The zero-order valence-corrected chi connectivity index (χ0v) is 9.70. The van der Waals surface area contributed by atoms with Crippen molar-refractivity contribution in [3.05, 3.63) is 0 Å². The average Bonchev–Trinajstić information content (AvgIpc) is 2.10. The van der Waals surface area contributed by atoms with E-state index in [9.17, 15) is 9.90 Å². The minimum absolute atomic E-state index is 0.158. The van der Waals surface area contributed by atoms with E-state index in [4.69, 9.17) is 5.73 Å². The molecule has 0 aromatic heterocycles. The first-order chi connectivity index (χ1) is 6.94. The summed E-state index contributed by atoms with van der Waals surface area (Å²) in [4.78, 5) is 13.3. The smallest absolute Gasteiger partial charge is 0.222 e. The predicted octanol–water partition coefficient (Wildman–Crippen LogP) is 0.345. The first-order valence-corrected chi connectivity index (χ1v) is 5.65. The van der Waals surface area contributed by atoms with Gasteiger partial charge in [0.2, 0.25) is 5.91 Å². The van der Waals surface area contributed by atoms with Gasteiger partial charge in [0.05, 0.1) is 18.7 Å². The van der Waals surface area contributed by atoms with Crippen molar-refractivity contribution < 1.29 is 9.90 Å². The molecule has 0 saturated carbocycles. The third-order valence-corrected chi connectivity index (χ3v) is 2.93. The number of likely N-dealkylation sites (tertiary alicyclic amines) is 1. The highest BCUT2D eigenvalue weighted by atomic mass is 16.3. The van der Waals surface area contributed by atoms with Crippen molar-refractivity contribution in [1.82, 2.24) is 4.90 Å². The number of carbonyl (C=O) groups excluding carboxylic acids is 1. The zero-order chi connectivity index (χ0) is 11.5. The normalized spacial score (nSPS) is 20.9. The molecule has 0 aromatic carbocycles. The Kier molecular flexibility index (Phi) is 4.11. The maximum Gasteiger partial charge on any atom is 0.222 e. The standard InChI is InChI=1S/C11H22N2O2/c1-9(5-6-12)3-4-10(14)13-7-11(2,15)8-13/h9,15H,3-8,12H2,1-2H3. The maximum absolute atomic E-state index is 11.6. The van der Waals surface area contributed by atoms with Crippen molar-refractivity contribution in [2.45, 2.75) is 38.7 Å². The van der Waals surface area contributed by atoms with Crippen LogP contribution < -0.4 is 5.73 Å². The van der Waals surface area contributed by atoms with Crippen molar-refractivity contribution in [2.75, 3.05) is 19.6 Å². The Bertz CT molecular complexity index is 221. The van der Waals surface area contributed by atoms with Gasteiger partial charge in [-0.15, -0.1) is 0 Å². The lowest BCUT2D eigenvalue weighted by Gasteiger charge is -2.44. The van der Waals surface area contributed by atoms with Crippen LogP contribution in [0.3, 0.4) is 0 Å². The van der Waals surface area contributed by atoms with Crippen LogP contribution in [0.4, 0.5) is 0 Å². The molecule has 3 N–H and O–H groups in total. The van der Waals surface area contributed by atoms with Crippen LogP contribution in [0.2, 0.25) is 0 Å². The van der Waals surface area contributed by atoms with E-state index in [2.05, 4.69) is 6.92 Å². The lowest BCUT2D eigenvalue weighted by Crippen LogP contribution is -2.61. The van der Waals surface area contributed by atoms with E-state index in [1.165, 1.54) is 0 Å². The minimum Gasteiger partial charge on any atom is -0.386 e.